The van der Waals surface area contributed by atoms with Gasteiger partial charge in [-0.2, -0.15) is 0 Å². The summed E-state index contributed by atoms with van der Waals surface area (Å²) in [5.74, 6) is 6.28. The predicted molar refractivity (Wildman–Crippen MR) is 101 cm³/mol. The molecule has 0 radical (unpaired) electrons. The molecule has 3 heteroatoms. The van der Waals surface area contributed by atoms with Gasteiger partial charge in [0.2, 0.25) is 0 Å². The molecule has 0 aliphatic carbocycles. The molecule has 2 aromatic carbocycles. The van der Waals surface area contributed by atoms with E-state index in [0.29, 0.717) is 5.57 Å². The number of aromatic amines is 1. The summed E-state index contributed by atoms with van der Waals surface area (Å²) >= 11 is 0. The first kappa shape index (κ1) is 15.0. The fraction of sp³-hybridized carbons (Fsp3) is 0.0455. The number of fused-ring (bicyclic) bond motifs is 1. The Morgan fingerprint density at radius 3 is 2.56 bits per heavy atom. The molecular formula is C22H16N2O. The van der Waals surface area contributed by atoms with Crippen LogP contribution >= 0.6 is 0 Å². The Morgan fingerprint density at radius 2 is 1.80 bits per heavy atom. The van der Waals surface area contributed by atoms with Crippen molar-refractivity contribution < 1.29 is 4.79 Å². The van der Waals surface area contributed by atoms with Gasteiger partial charge in [-0.05, 0) is 61.0 Å². The van der Waals surface area contributed by atoms with E-state index in [-0.39, 0.29) is 5.91 Å². The lowest BCUT2D eigenvalue weighted by Gasteiger charge is -1.99. The summed E-state index contributed by atoms with van der Waals surface area (Å²) in [5, 5.41) is 2.90. The number of aryl methyl sites for hydroxylation is 1. The van der Waals surface area contributed by atoms with Gasteiger partial charge in [-0.1, -0.05) is 24.0 Å². The zero-order valence-electron chi connectivity index (χ0n) is 13.8. The summed E-state index contributed by atoms with van der Waals surface area (Å²) in [6.07, 6.45) is 3.70. The molecule has 3 nitrogen and oxygen atoms in total. The third-order valence-corrected chi connectivity index (χ3v) is 4.09. The fourth-order valence-electron chi connectivity index (χ4n) is 2.87. The lowest BCUT2D eigenvalue weighted by atomic mass is 10.0. The predicted octanol–water partition coefficient (Wildman–Crippen LogP) is 4.22. The molecule has 0 fully saturated rings. The Kier molecular flexibility index (Phi) is 3.72. The molecule has 2 N–H and O–H groups in total. The van der Waals surface area contributed by atoms with Gasteiger partial charge in [0.1, 0.15) is 0 Å². The minimum Gasteiger partial charge on any atom is -0.362 e. The maximum absolute atomic E-state index is 12.3. The van der Waals surface area contributed by atoms with Crippen molar-refractivity contribution in [2.24, 2.45) is 0 Å². The van der Waals surface area contributed by atoms with Crippen molar-refractivity contribution in [3.8, 4) is 11.8 Å². The van der Waals surface area contributed by atoms with Gasteiger partial charge in [0, 0.05) is 34.3 Å². The largest absolute Gasteiger partial charge is 0.362 e. The monoisotopic (exact) mass is 324 g/mol. The average molecular weight is 324 g/mol. The Labute approximate surface area is 146 Å². The Bertz CT molecular complexity index is 1050. The van der Waals surface area contributed by atoms with Gasteiger partial charge in [-0.15, -0.1) is 0 Å². The molecule has 2 heterocycles. The lowest BCUT2D eigenvalue weighted by molar-refractivity contribution is -0.110. The molecule has 1 amide bonds. The van der Waals surface area contributed by atoms with E-state index >= 15 is 0 Å². The van der Waals surface area contributed by atoms with Crippen LogP contribution in [-0.4, -0.2) is 10.9 Å². The highest BCUT2D eigenvalue weighted by atomic mass is 16.2. The number of aromatic nitrogens is 1. The van der Waals surface area contributed by atoms with Crippen molar-refractivity contribution in [1.29, 1.82) is 0 Å². The molecule has 1 aromatic heterocycles. The summed E-state index contributed by atoms with van der Waals surface area (Å²) in [5.41, 5.74) is 6.31. The molecule has 1 aliphatic heterocycles. The van der Waals surface area contributed by atoms with E-state index in [9.17, 15) is 4.79 Å². The summed E-state index contributed by atoms with van der Waals surface area (Å²) in [7, 11) is 0. The molecule has 0 bridgehead atoms. The van der Waals surface area contributed by atoms with Gasteiger partial charge >= 0.3 is 0 Å². The number of H-pyrrole nitrogens is 1. The van der Waals surface area contributed by atoms with Crippen LogP contribution in [0.3, 0.4) is 0 Å². The van der Waals surface area contributed by atoms with Crippen LogP contribution in [0.5, 0.6) is 0 Å². The molecule has 4 rings (SSSR count). The summed E-state index contributed by atoms with van der Waals surface area (Å²) in [6, 6.07) is 17.7. The molecule has 1 aliphatic rings. The zero-order valence-corrected chi connectivity index (χ0v) is 13.8. The van der Waals surface area contributed by atoms with E-state index in [4.69, 9.17) is 0 Å². The number of anilines is 1. The van der Waals surface area contributed by atoms with E-state index < -0.39 is 0 Å². The number of nitrogens with one attached hydrogen (secondary N) is 2. The highest BCUT2D eigenvalue weighted by Crippen LogP contribution is 2.33. The Balaban J connectivity index is 1.71. The SMILES string of the molecule is Cc1cccc(C#Cc2ccc3c(c2)/C(=C/c2ccc[nH]2)C(=O)N3)c1. The second-order valence-electron chi connectivity index (χ2n) is 6.02. The fourth-order valence-corrected chi connectivity index (χ4v) is 2.87. The van der Waals surface area contributed by atoms with Crippen molar-refractivity contribution in [3.63, 3.8) is 0 Å². The summed E-state index contributed by atoms with van der Waals surface area (Å²) in [6.45, 7) is 2.05. The van der Waals surface area contributed by atoms with Crippen molar-refractivity contribution >= 4 is 23.2 Å². The molecule has 0 spiro atoms. The van der Waals surface area contributed by atoms with Crippen molar-refractivity contribution in [3.05, 3.63) is 88.7 Å². The molecule has 0 unspecified atom stereocenters. The van der Waals surface area contributed by atoms with E-state index in [2.05, 4.69) is 41.2 Å². The second kappa shape index (κ2) is 6.18. The number of rotatable bonds is 1. The standard InChI is InChI=1S/C22H16N2O/c1-15-4-2-5-16(12-15)7-8-17-9-10-21-19(13-17)20(22(25)24-21)14-18-6-3-11-23-18/h2-6,9-14,23H,1H3,(H,24,25)/b20-14-. The van der Waals surface area contributed by atoms with Gasteiger partial charge in [0.25, 0.3) is 5.91 Å². The van der Waals surface area contributed by atoms with Crippen molar-refractivity contribution in [2.45, 2.75) is 6.92 Å². The topological polar surface area (TPSA) is 44.9 Å². The quantitative estimate of drug-likeness (QED) is 0.511. The normalized spacial score (nSPS) is 14.0. The van der Waals surface area contributed by atoms with Crippen LogP contribution in [0, 0.1) is 18.8 Å². The van der Waals surface area contributed by atoms with E-state index in [1.165, 1.54) is 5.56 Å². The minimum absolute atomic E-state index is 0.0895. The molecule has 0 saturated carbocycles. The van der Waals surface area contributed by atoms with Crippen LogP contribution in [0.15, 0.2) is 60.8 Å². The molecule has 0 saturated heterocycles. The van der Waals surface area contributed by atoms with E-state index in [1.807, 2.05) is 54.7 Å². The first-order valence-corrected chi connectivity index (χ1v) is 8.08. The van der Waals surface area contributed by atoms with Crippen molar-refractivity contribution in [2.75, 3.05) is 5.32 Å². The molecule has 120 valence electrons. The number of carbonyl (C=O) groups is 1. The summed E-state index contributed by atoms with van der Waals surface area (Å²) in [4.78, 5) is 15.4. The maximum atomic E-state index is 12.3. The number of benzene rings is 2. The Morgan fingerprint density at radius 1 is 0.960 bits per heavy atom. The van der Waals surface area contributed by atoms with Gasteiger partial charge in [0.15, 0.2) is 0 Å². The first-order valence-electron chi connectivity index (χ1n) is 8.08. The molecular weight excluding hydrogens is 308 g/mol. The van der Waals surface area contributed by atoms with Crippen molar-refractivity contribution in [1.82, 2.24) is 4.98 Å². The van der Waals surface area contributed by atoms with Gasteiger partial charge in [-0.3, -0.25) is 4.79 Å². The van der Waals surface area contributed by atoms with Crippen LogP contribution in [0.2, 0.25) is 0 Å². The smallest absolute Gasteiger partial charge is 0.256 e. The number of hydrogen-bond donors (Lipinski definition) is 2. The first-order chi connectivity index (χ1) is 12.2. The zero-order chi connectivity index (χ0) is 17.2. The number of hydrogen-bond acceptors (Lipinski definition) is 1. The van der Waals surface area contributed by atoms with Crippen LogP contribution in [0.1, 0.15) is 27.9 Å². The third-order valence-electron chi connectivity index (χ3n) is 4.09. The number of carbonyl (C=O) groups excluding carboxylic acids is 1. The third kappa shape index (κ3) is 3.11. The lowest BCUT2D eigenvalue weighted by Crippen LogP contribution is -2.03. The number of amides is 1. The van der Waals surface area contributed by atoms with E-state index in [1.54, 1.807) is 0 Å². The molecule has 0 atom stereocenters. The van der Waals surface area contributed by atoms with Gasteiger partial charge in [0.05, 0.1) is 5.57 Å². The minimum atomic E-state index is -0.0895. The van der Waals surface area contributed by atoms with Gasteiger partial charge in [-0.25, -0.2) is 0 Å². The molecule has 3 aromatic rings. The summed E-state index contributed by atoms with van der Waals surface area (Å²) < 4.78 is 0. The average Bonchev–Trinajstić information content (AvgIpc) is 3.22. The van der Waals surface area contributed by atoms with Crippen LogP contribution in [-0.2, 0) is 4.79 Å². The maximum Gasteiger partial charge on any atom is 0.256 e. The van der Waals surface area contributed by atoms with Gasteiger partial charge < -0.3 is 10.3 Å². The highest BCUT2D eigenvalue weighted by Gasteiger charge is 2.24. The highest BCUT2D eigenvalue weighted by molar-refractivity contribution is 6.34. The Hall–Kier alpha value is -3.51. The van der Waals surface area contributed by atoms with Crippen LogP contribution in [0.4, 0.5) is 5.69 Å². The molecule has 25 heavy (non-hydrogen) atoms. The van der Waals surface area contributed by atoms with Crippen LogP contribution in [0.25, 0.3) is 11.6 Å². The van der Waals surface area contributed by atoms with Crippen LogP contribution < -0.4 is 5.32 Å². The van der Waals surface area contributed by atoms with E-state index in [0.717, 1.165) is 28.1 Å². The second-order valence-corrected chi connectivity index (χ2v) is 6.02.